The van der Waals surface area contributed by atoms with Crippen molar-refractivity contribution in [3.63, 3.8) is 0 Å². The zero-order valence-corrected chi connectivity index (χ0v) is 20.8. The molecule has 2 aliphatic heterocycles. The number of carbonyl (C=O) groups excluding carboxylic acids is 1. The van der Waals surface area contributed by atoms with Crippen LogP contribution in [0, 0.1) is 11.3 Å². The maximum Gasteiger partial charge on any atom is 0.410 e. The van der Waals surface area contributed by atoms with Gasteiger partial charge in [0.15, 0.2) is 5.96 Å². The summed E-state index contributed by atoms with van der Waals surface area (Å²) < 4.78 is 11.4. The van der Waals surface area contributed by atoms with Gasteiger partial charge in [-0.2, -0.15) is 0 Å². The molecule has 0 saturated carbocycles. The minimum Gasteiger partial charge on any atom is -0.444 e. The van der Waals surface area contributed by atoms with Crippen molar-refractivity contribution in [3.8, 4) is 0 Å². The van der Waals surface area contributed by atoms with Crippen molar-refractivity contribution in [3.05, 3.63) is 0 Å². The third-order valence-electron chi connectivity index (χ3n) is 4.93. The van der Waals surface area contributed by atoms with Crippen molar-refractivity contribution in [1.82, 2.24) is 15.5 Å². The summed E-state index contributed by atoms with van der Waals surface area (Å²) in [6.07, 6.45) is 2.28. The number of hydrogen-bond acceptors (Lipinski definition) is 4. The Kier molecular flexibility index (Phi) is 9.31. The number of nitrogens with zero attached hydrogens (tertiary/aromatic N) is 2. The highest BCUT2D eigenvalue weighted by molar-refractivity contribution is 14.0. The number of likely N-dealkylation sites (tertiary alicyclic amines) is 1. The van der Waals surface area contributed by atoms with E-state index in [1.54, 1.807) is 11.9 Å². The average Bonchev–Trinajstić information content (AvgIpc) is 2.50. The lowest BCUT2D eigenvalue weighted by molar-refractivity contribution is -0.0835. The fourth-order valence-electron chi connectivity index (χ4n) is 3.67. The predicted molar refractivity (Wildman–Crippen MR) is 123 cm³/mol. The predicted octanol–water partition coefficient (Wildman–Crippen LogP) is 3.23. The Hall–Kier alpha value is -0.770. The first kappa shape index (κ1) is 25.3. The molecule has 0 aliphatic carbocycles. The SMILES string of the molecule is CN=C(NCC1CCCOC1C(C)(C)C)NC1CN(C(=O)OC(C)(C)C)C1.I. The molecule has 0 aromatic carbocycles. The van der Waals surface area contributed by atoms with Crippen LogP contribution in [0.2, 0.25) is 0 Å². The number of hydrogen-bond donors (Lipinski definition) is 2. The second kappa shape index (κ2) is 10.3. The standard InChI is InChI=1S/C20H38N4O3.HI/c1-19(2,3)16-14(9-8-10-26-16)11-22-17(21-7)23-15-12-24(13-15)18(25)27-20(4,5)6;/h14-16H,8-13H2,1-7H3,(H2,21,22,23);1H. The van der Waals surface area contributed by atoms with E-state index in [1.165, 1.54) is 6.42 Å². The molecule has 7 nitrogen and oxygen atoms in total. The van der Waals surface area contributed by atoms with Crippen molar-refractivity contribution in [2.75, 3.05) is 33.3 Å². The van der Waals surface area contributed by atoms with E-state index in [9.17, 15) is 4.79 Å². The topological polar surface area (TPSA) is 75.2 Å². The Bertz CT molecular complexity index is 537. The maximum absolute atomic E-state index is 12.0. The molecular formula is C20H39IN4O3. The van der Waals surface area contributed by atoms with E-state index >= 15 is 0 Å². The summed E-state index contributed by atoms with van der Waals surface area (Å²) in [5.41, 5.74) is -0.329. The van der Waals surface area contributed by atoms with Gasteiger partial charge in [-0.05, 0) is 39.0 Å². The molecule has 2 rings (SSSR count). The van der Waals surface area contributed by atoms with E-state index in [0.29, 0.717) is 19.0 Å². The van der Waals surface area contributed by atoms with Gasteiger partial charge in [0.25, 0.3) is 0 Å². The minimum absolute atomic E-state index is 0. The average molecular weight is 510 g/mol. The highest BCUT2D eigenvalue weighted by Crippen LogP contribution is 2.33. The Balaban J connectivity index is 0.00000392. The molecule has 0 spiro atoms. The number of aliphatic imine (C=N–C) groups is 1. The molecule has 0 aromatic heterocycles. The zero-order chi connectivity index (χ0) is 20.2. The van der Waals surface area contributed by atoms with E-state index < -0.39 is 5.60 Å². The number of carbonyl (C=O) groups is 1. The molecule has 0 bridgehead atoms. The Morgan fingerprint density at radius 2 is 1.86 bits per heavy atom. The third-order valence-corrected chi connectivity index (χ3v) is 4.93. The zero-order valence-electron chi connectivity index (χ0n) is 18.5. The second-order valence-electron chi connectivity index (χ2n) is 9.74. The van der Waals surface area contributed by atoms with Gasteiger partial charge >= 0.3 is 6.09 Å². The molecule has 28 heavy (non-hydrogen) atoms. The van der Waals surface area contributed by atoms with Gasteiger partial charge < -0.3 is 25.0 Å². The van der Waals surface area contributed by atoms with Crippen LogP contribution in [0.4, 0.5) is 4.79 Å². The van der Waals surface area contributed by atoms with Crippen LogP contribution in [0.25, 0.3) is 0 Å². The third kappa shape index (κ3) is 7.57. The monoisotopic (exact) mass is 510 g/mol. The van der Waals surface area contributed by atoms with E-state index in [4.69, 9.17) is 9.47 Å². The highest BCUT2D eigenvalue weighted by Gasteiger charge is 2.36. The lowest BCUT2D eigenvalue weighted by Gasteiger charge is -2.42. The molecule has 164 valence electrons. The van der Waals surface area contributed by atoms with Crippen LogP contribution in [0.5, 0.6) is 0 Å². The molecule has 8 heteroatoms. The summed E-state index contributed by atoms with van der Waals surface area (Å²) >= 11 is 0. The molecule has 2 heterocycles. The second-order valence-corrected chi connectivity index (χ2v) is 9.74. The normalized spacial score (nSPS) is 24.1. The van der Waals surface area contributed by atoms with E-state index in [2.05, 4.69) is 36.4 Å². The molecular weight excluding hydrogens is 471 g/mol. The molecule has 2 aliphatic rings. The lowest BCUT2D eigenvalue weighted by Crippen LogP contribution is -2.63. The van der Waals surface area contributed by atoms with Crippen molar-refractivity contribution in [1.29, 1.82) is 0 Å². The first-order valence-electron chi connectivity index (χ1n) is 10.1. The fourth-order valence-corrected chi connectivity index (χ4v) is 3.67. The number of ether oxygens (including phenoxy) is 2. The van der Waals surface area contributed by atoms with Gasteiger partial charge in [0.2, 0.25) is 0 Å². The van der Waals surface area contributed by atoms with Gasteiger partial charge in [0.1, 0.15) is 5.60 Å². The lowest BCUT2D eigenvalue weighted by atomic mass is 9.78. The summed E-state index contributed by atoms with van der Waals surface area (Å²) in [6.45, 7) is 15.3. The molecule has 2 unspecified atom stereocenters. The summed E-state index contributed by atoms with van der Waals surface area (Å²) in [4.78, 5) is 18.1. The minimum atomic E-state index is -0.459. The van der Waals surface area contributed by atoms with Gasteiger partial charge in [0, 0.05) is 39.2 Å². The van der Waals surface area contributed by atoms with E-state index in [-0.39, 0.29) is 47.6 Å². The summed E-state index contributed by atoms with van der Waals surface area (Å²) in [5, 5.41) is 6.84. The van der Waals surface area contributed by atoms with Gasteiger partial charge in [-0.3, -0.25) is 4.99 Å². The molecule has 2 saturated heterocycles. The Morgan fingerprint density at radius 1 is 1.21 bits per heavy atom. The number of amides is 1. The molecule has 2 N–H and O–H groups in total. The molecule has 0 radical (unpaired) electrons. The fraction of sp³-hybridized carbons (Fsp3) is 0.900. The molecule has 1 amide bonds. The van der Waals surface area contributed by atoms with Crippen LogP contribution < -0.4 is 10.6 Å². The molecule has 2 fully saturated rings. The van der Waals surface area contributed by atoms with Crippen molar-refractivity contribution in [2.45, 2.75) is 72.1 Å². The van der Waals surface area contributed by atoms with E-state index in [1.807, 2.05) is 20.8 Å². The quantitative estimate of drug-likeness (QED) is 0.347. The first-order chi connectivity index (χ1) is 12.5. The maximum atomic E-state index is 12.0. The number of halogens is 1. The van der Waals surface area contributed by atoms with Gasteiger partial charge in [-0.1, -0.05) is 20.8 Å². The van der Waals surface area contributed by atoms with Gasteiger partial charge in [-0.25, -0.2) is 4.79 Å². The first-order valence-corrected chi connectivity index (χ1v) is 10.1. The van der Waals surface area contributed by atoms with Crippen LogP contribution in [0.1, 0.15) is 54.4 Å². The molecule has 0 aromatic rings. The van der Waals surface area contributed by atoms with Crippen LogP contribution in [0.15, 0.2) is 4.99 Å². The summed E-state index contributed by atoms with van der Waals surface area (Å²) in [7, 11) is 1.78. The summed E-state index contributed by atoms with van der Waals surface area (Å²) in [6, 6.07) is 0.199. The smallest absolute Gasteiger partial charge is 0.410 e. The van der Waals surface area contributed by atoms with Crippen LogP contribution in [-0.4, -0.2) is 68.0 Å². The molecule has 2 atom stereocenters. The number of rotatable bonds is 3. The van der Waals surface area contributed by atoms with Crippen molar-refractivity contribution < 1.29 is 14.3 Å². The van der Waals surface area contributed by atoms with Crippen molar-refractivity contribution >= 4 is 36.0 Å². The van der Waals surface area contributed by atoms with Crippen molar-refractivity contribution in [2.24, 2.45) is 16.3 Å². The van der Waals surface area contributed by atoms with Crippen LogP contribution in [-0.2, 0) is 9.47 Å². The largest absolute Gasteiger partial charge is 0.444 e. The van der Waals surface area contributed by atoms with E-state index in [0.717, 1.165) is 25.5 Å². The van der Waals surface area contributed by atoms with Crippen LogP contribution in [0.3, 0.4) is 0 Å². The Labute approximate surface area is 187 Å². The highest BCUT2D eigenvalue weighted by atomic mass is 127. The Morgan fingerprint density at radius 3 is 2.39 bits per heavy atom. The van der Waals surface area contributed by atoms with Gasteiger partial charge in [-0.15, -0.1) is 24.0 Å². The number of guanidine groups is 1. The van der Waals surface area contributed by atoms with Gasteiger partial charge in [0.05, 0.1) is 12.1 Å². The number of nitrogens with one attached hydrogen (secondary N) is 2. The summed E-state index contributed by atoms with van der Waals surface area (Å²) in [5.74, 6) is 1.25. The van der Waals surface area contributed by atoms with Crippen LogP contribution >= 0.6 is 24.0 Å².